The van der Waals surface area contributed by atoms with Crippen molar-refractivity contribution in [1.82, 2.24) is 4.90 Å². The van der Waals surface area contributed by atoms with E-state index in [1.54, 1.807) is 16.7 Å². The van der Waals surface area contributed by atoms with E-state index < -0.39 is 16.6 Å². The van der Waals surface area contributed by atoms with Crippen LogP contribution in [0.1, 0.15) is 16.8 Å². The number of halogens is 1. The Morgan fingerprint density at radius 1 is 1.37 bits per heavy atom. The highest BCUT2D eigenvalue weighted by Crippen LogP contribution is 2.22. The minimum Gasteiger partial charge on any atom is -0.338 e. The summed E-state index contributed by atoms with van der Waals surface area (Å²) in [7, 11) is 0. The molecule has 1 aromatic rings. The molecule has 102 valence electrons. The largest absolute Gasteiger partial charge is 0.338 e. The van der Waals surface area contributed by atoms with E-state index in [2.05, 4.69) is 0 Å². The van der Waals surface area contributed by atoms with Gasteiger partial charge < -0.3 is 4.90 Å². The second kappa shape index (κ2) is 6.01. The molecule has 1 heterocycles. The molecule has 0 N–H and O–H groups in total. The van der Waals surface area contributed by atoms with Gasteiger partial charge >= 0.3 is 0 Å². The first-order valence-corrected chi connectivity index (χ1v) is 7.06. The van der Waals surface area contributed by atoms with E-state index in [9.17, 15) is 19.3 Å². The number of hydrogen-bond donors (Lipinski definition) is 0. The lowest BCUT2D eigenvalue weighted by molar-refractivity contribution is -0.385. The Bertz CT molecular complexity index is 502. The lowest BCUT2D eigenvalue weighted by Gasteiger charge is -2.19. The lowest BCUT2D eigenvalue weighted by Crippen LogP contribution is -2.33. The van der Waals surface area contributed by atoms with Gasteiger partial charge in [0.25, 0.3) is 11.6 Å². The highest BCUT2D eigenvalue weighted by atomic mass is 32.2. The predicted molar refractivity (Wildman–Crippen MR) is 70.9 cm³/mol. The molecule has 1 aliphatic heterocycles. The summed E-state index contributed by atoms with van der Waals surface area (Å²) in [6, 6.07) is 2.97. The predicted octanol–water partition coefficient (Wildman–Crippen LogP) is 2.31. The van der Waals surface area contributed by atoms with Crippen molar-refractivity contribution in [2.75, 3.05) is 24.6 Å². The molecule has 0 bridgehead atoms. The van der Waals surface area contributed by atoms with Gasteiger partial charge in [0.2, 0.25) is 0 Å². The summed E-state index contributed by atoms with van der Waals surface area (Å²) < 4.78 is 13.2. The van der Waals surface area contributed by atoms with Crippen molar-refractivity contribution >= 4 is 23.4 Å². The molecule has 0 aliphatic carbocycles. The molecule has 0 unspecified atom stereocenters. The van der Waals surface area contributed by atoms with Gasteiger partial charge in [0.15, 0.2) is 0 Å². The number of benzene rings is 1. The zero-order chi connectivity index (χ0) is 13.8. The van der Waals surface area contributed by atoms with Crippen LogP contribution in [-0.4, -0.2) is 40.3 Å². The minimum absolute atomic E-state index is 0.170. The fourth-order valence-corrected chi connectivity index (χ4v) is 2.85. The van der Waals surface area contributed by atoms with Gasteiger partial charge in [0.1, 0.15) is 11.4 Å². The highest BCUT2D eigenvalue weighted by Gasteiger charge is 2.25. The van der Waals surface area contributed by atoms with E-state index in [0.29, 0.717) is 13.1 Å². The number of hydrogen-bond acceptors (Lipinski definition) is 4. The Morgan fingerprint density at radius 2 is 2.16 bits per heavy atom. The first-order valence-electron chi connectivity index (χ1n) is 5.90. The first kappa shape index (κ1) is 13.8. The summed E-state index contributed by atoms with van der Waals surface area (Å²) in [6.45, 7) is 1.09. The van der Waals surface area contributed by atoms with Gasteiger partial charge in [-0.15, -0.1) is 0 Å². The zero-order valence-corrected chi connectivity index (χ0v) is 11.0. The van der Waals surface area contributed by atoms with Crippen LogP contribution in [0.5, 0.6) is 0 Å². The molecule has 2 rings (SSSR count). The highest BCUT2D eigenvalue weighted by molar-refractivity contribution is 7.99. The fourth-order valence-electron chi connectivity index (χ4n) is 1.96. The number of nitro benzene ring substituents is 1. The normalized spacial score (nSPS) is 15.9. The second-order valence-corrected chi connectivity index (χ2v) is 5.40. The summed E-state index contributed by atoms with van der Waals surface area (Å²) >= 11 is 1.74. The van der Waals surface area contributed by atoms with Crippen LogP contribution >= 0.6 is 11.8 Å². The molecule has 5 nitrogen and oxygen atoms in total. The van der Waals surface area contributed by atoms with Crippen LogP contribution in [0.4, 0.5) is 10.1 Å². The smallest absolute Gasteiger partial charge is 0.282 e. The summed E-state index contributed by atoms with van der Waals surface area (Å²) in [6.07, 6.45) is 0.847. The summed E-state index contributed by atoms with van der Waals surface area (Å²) in [5.74, 6) is 0.663. The number of amides is 1. The van der Waals surface area contributed by atoms with Crippen LogP contribution in [0.25, 0.3) is 0 Å². The van der Waals surface area contributed by atoms with Crippen molar-refractivity contribution in [1.29, 1.82) is 0 Å². The minimum atomic E-state index is -0.654. The van der Waals surface area contributed by atoms with Crippen molar-refractivity contribution in [2.24, 2.45) is 0 Å². The number of thioether (sulfide) groups is 1. The zero-order valence-electron chi connectivity index (χ0n) is 10.2. The summed E-state index contributed by atoms with van der Waals surface area (Å²) in [4.78, 5) is 24.1. The van der Waals surface area contributed by atoms with Gasteiger partial charge in [0, 0.05) is 24.9 Å². The van der Waals surface area contributed by atoms with Gasteiger partial charge in [0.05, 0.1) is 4.92 Å². The molecule has 1 amide bonds. The van der Waals surface area contributed by atoms with Crippen molar-refractivity contribution < 1.29 is 14.1 Å². The molecule has 1 fully saturated rings. The fraction of sp³-hybridized carbons (Fsp3) is 0.417. The molecule has 19 heavy (non-hydrogen) atoms. The maximum Gasteiger partial charge on any atom is 0.282 e. The second-order valence-electron chi connectivity index (χ2n) is 4.18. The van der Waals surface area contributed by atoms with Gasteiger partial charge in [-0.3, -0.25) is 14.9 Å². The molecule has 0 atom stereocenters. The third-order valence-electron chi connectivity index (χ3n) is 2.90. The van der Waals surface area contributed by atoms with E-state index in [1.165, 1.54) is 0 Å². The summed E-state index contributed by atoms with van der Waals surface area (Å²) in [5.41, 5.74) is -0.514. The van der Waals surface area contributed by atoms with Crippen LogP contribution in [0.15, 0.2) is 18.2 Å². The molecule has 0 spiro atoms. The van der Waals surface area contributed by atoms with Gasteiger partial charge in [-0.2, -0.15) is 11.8 Å². The molecule has 0 aromatic heterocycles. The van der Waals surface area contributed by atoms with Crippen molar-refractivity contribution in [3.63, 3.8) is 0 Å². The Morgan fingerprint density at radius 3 is 2.89 bits per heavy atom. The number of nitro groups is 1. The SMILES string of the molecule is O=C(c1cc(F)ccc1[N+](=O)[O-])N1CCCSCC1. The Hall–Kier alpha value is -1.63. The average molecular weight is 284 g/mol. The lowest BCUT2D eigenvalue weighted by atomic mass is 10.1. The van der Waals surface area contributed by atoms with E-state index in [1.807, 2.05) is 0 Å². The Balaban J connectivity index is 2.31. The molecule has 1 aliphatic rings. The molecular formula is C12H13FN2O3S. The van der Waals surface area contributed by atoms with Crippen LogP contribution < -0.4 is 0 Å². The number of nitrogens with zero attached hydrogens (tertiary/aromatic N) is 2. The number of carbonyl (C=O) groups excluding carboxylic acids is 1. The van der Waals surface area contributed by atoms with Crippen molar-refractivity contribution in [3.8, 4) is 0 Å². The third-order valence-corrected chi connectivity index (χ3v) is 3.94. The van der Waals surface area contributed by atoms with Gasteiger partial charge in [-0.1, -0.05) is 0 Å². The van der Waals surface area contributed by atoms with Crippen molar-refractivity contribution in [2.45, 2.75) is 6.42 Å². The Labute approximate surface area is 113 Å². The molecule has 0 radical (unpaired) electrons. The van der Waals surface area contributed by atoms with Crippen LogP contribution in [0.3, 0.4) is 0 Å². The molecule has 1 aromatic carbocycles. The van der Waals surface area contributed by atoms with E-state index >= 15 is 0 Å². The first-order chi connectivity index (χ1) is 9.09. The standard InChI is InChI=1S/C12H13FN2O3S/c13-9-2-3-11(15(17)18)10(8-9)12(16)14-4-1-6-19-7-5-14/h2-3,8H,1,4-7H2. The average Bonchev–Trinajstić information content (AvgIpc) is 2.66. The van der Waals surface area contributed by atoms with E-state index in [4.69, 9.17) is 0 Å². The summed E-state index contributed by atoms with van der Waals surface area (Å²) in [5, 5.41) is 10.9. The molecule has 1 saturated heterocycles. The number of rotatable bonds is 2. The van der Waals surface area contributed by atoms with Crippen molar-refractivity contribution in [3.05, 3.63) is 39.7 Å². The maximum atomic E-state index is 13.2. The Kier molecular flexibility index (Phi) is 4.36. The molecule has 7 heteroatoms. The van der Waals surface area contributed by atoms with Gasteiger partial charge in [-0.05, 0) is 24.3 Å². The van der Waals surface area contributed by atoms with Gasteiger partial charge in [-0.25, -0.2) is 4.39 Å². The quantitative estimate of drug-likeness (QED) is 0.617. The van der Waals surface area contributed by atoms with Crippen LogP contribution in [0, 0.1) is 15.9 Å². The van der Waals surface area contributed by atoms with Crippen LogP contribution in [-0.2, 0) is 0 Å². The molecule has 0 saturated carbocycles. The topological polar surface area (TPSA) is 63.4 Å². The van der Waals surface area contributed by atoms with Crippen LogP contribution in [0.2, 0.25) is 0 Å². The molecular weight excluding hydrogens is 271 g/mol. The third kappa shape index (κ3) is 3.23. The maximum absolute atomic E-state index is 13.2. The monoisotopic (exact) mass is 284 g/mol. The number of carbonyl (C=O) groups is 1. The van der Waals surface area contributed by atoms with E-state index in [-0.39, 0.29) is 11.3 Å². The van der Waals surface area contributed by atoms with E-state index in [0.717, 1.165) is 36.1 Å².